The Bertz CT molecular complexity index is 534. The molecule has 1 aromatic carbocycles. The molecule has 0 unspecified atom stereocenters. The Labute approximate surface area is 114 Å². The fraction of sp³-hybridized carbons (Fsp3) is 0.231. The van der Waals surface area contributed by atoms with Gasteiger partial charge in [-0.25, -0.2) is 9.78 Å². The van der Waals surface area contributed by atoms with Crippen LogP contribution in [0.5, 0.6) is 0 Å². The van der Waals surface area contributed by atoms with E-state index in [1.807, 2.05) is 0 Å². The molecule has 0 amide bonds. The number of thiazole rings is 1. The third-order valence-corrected chi connectivity index (χ3v) is 4.38. The average Bonchev–Trinajstić information content (AvgIpc) is 2.86. The summed E-state index contributed by atoms with van der Waals surface area (Å²) in [7, 11) is 1.36. The van der Waals surface area contributed by atoms with Gasteiger partial charge in [0.05, 0.1) is 12.9 Å². The first-order chi connectivity index (χ1) is 8.69. The van der Waals surface area contributed by atoms with Gasteiger partial charge in [-0.2, -0.15) is 0 Å². The van der Waals surface area contributed by atoms with E-state index in [0.29, 0.717) is 5.69 Å². The number of hydrogen-bond acceptors (Lipinski definition) is 5. The van der Waals surface area contributed by atoms with Crippen LogP contribution in [0.15, 0.2) is 34.5 Å². The fourth-order valence-corrected chi connectivity index (χ4v) is 3.03. The molecule has 0 saturated heterocycles. The van der Waals surface area contributed by atoms with Crippen LogP contribution in [0.4, 0.5) is 0 Å². The van der Waals surface area contributed by atoms with Crippen LogP contribution in [0.25, 0.3) is 0 Å². The Hall–Kier alpha value is -1.33. The molecule has 0 spiro atoms. The number of benzene rings is 1. The average molecular weight is 279 g/mol. The van der Waals surface area contributed by atoms with Crippen molar-refractivity contribution in [2.24, 2.45) is 0 Å². The van der Waals surface area contributed by atoms with Crippen molar-refractivity contribution in [3.63, 3.8) is 0 Å². The Morgan fingerprint density at radius 1 is 1.39 bits per heavy atom. The molecule has 94 valence electrons. The van der Waals surface area contributed by atoms with Crippen molar-refractivity contribution in [2.75, 3.05) is 7.11 Å². The van der Waals surface area contributed by atoms with Crippen molar-refractivity contribution in [1.29, 1.82) is 0 Å². The Balaban J connectivity index is 1.96. The maximum absolute atomic E-state index is 11.3. The number of carbonyl (C=O) groups is 1. The number of rotatable bonds is 4. The summed E-state index contributed by atoms with van der Waals surface area (Å²) in [6.07, 6.45) is 0. The van der Waals surface area contributed by atoms with Crippen LogP contribution in [0.3, 0.4) is 0 Å². The van der Waals surface area contributed by atoms with Gasteiger partial charge in [0, 0.05) is 10.3 Å². The predicted molar refractivity (Wildman–Crippen MR) is 74.2 cm³/mol. The van der Waals surface area contributed by atoms with E-state index in [-0.39, 0.29) is 5.97 Å². The van der Waals surface area contributed by atoms with Gasteiger partial charge in [0.1, 0.15) is 5.01 Å². The Kier molecular flexibility index (Phi) is 4.38. The maximum atomic E-state index is 11.3. The molecule has 0 atom stereocenters. The summed E-state index contributed by atoms with van der Waals surface area (Å²) in [6.45, 7) is 2.07. The van der Waals surface area contributed by atoms with E-state index in [9.17, 15) is 4.79 Å². The summed E-state index contributed by atoms with van der Waals surface area (Å²) in [4.78, 5) is 16.7. The minimum Gasteiger partial charge on any atom is -0.464 e. The Morgan fingerprint density at radius 3 is 2.78 bits per heavy atom. The van der Waals surface area contributed by atoms with Gasteiger partial charge in [0.25, 0.3) is 0 Å². The molecule has 0 aliphatic heterocycles. The van der Waals surface area contributed by atoms with E-state index in [0.717, 1.165) is 10.8 Å². The predicted octanol–water partition coefficient (Wildman–Crippen LogP) is 3.53. The van der Waals surface area contributed by atoms with Gasteiger partial charge < -0.3 is 4.74 Å². The molecule has 0 radical (unpaired) electrons. The molecule has 2 rings (SSSR count). The van der Waals surface area contributed by atoms with Crippen LogP contribution in [0, 0.1) is 6.92 Å². The molecule has 1 aromatic heterocycles. The van der Waals surface area contributed by atoms with Crippen LogP contribution in [0.2, 0.25) is 0 Å². The van der Waals surface area contributed by atoms with Crippen LogP contribution in [0.1, 0.15) is 21.1 Å². The number of methoxy groups -OCH3 is 1. The summed E-state index contributed by atoms with van der Waals surface area (Å²) in [5.74, 6) is 0.392. The topological polar surface area (TPSA) is 39.2 Å². The highest BCUT2D eigenvalue weighted by Gasteiger charge is 2.10. The zero-order valence-corrected chi connectivity index (χ0v) is 11.8. The summed E-state index contributed by atoms with van der Waals surface area (Å²) in [6, 6.07) is 8.36. The quantitative estimate of drug-likeness (QED) is 0.634. The maximum Gasteiger partial charge on any atom is 0.357 e. The summed E-state index contributed by atoms with van der Waals surface area (Å²) in [5, 5.41) is 2.66. The van der Waals surface area contributed by atoms with Gasteiger partial charge in [-0.15, -0.1) is 23.1 Å². The van der Waals surface area contributed by atoms with Gasteiger partial charge in [0.2, 0.25) is 0 Å². The number of thioether (sulfide) groups is 1. The normalized spacial score (nSPS) is 10.3. The lowest BCUT2D eigenvalue weighted by Crippen LogP contribution is -2.01. The molecule has 0 bridgehead atoms. The molecule has 0 aliphatic carbocycles. The third-order valence-electron chi connectivity index (χ3n) is 2.33. The standard InChI is InChI=1S/C13H13NO2S2/c1-9-3-5-10(6-4-9)17-8-12-14-11(7-18-12)13(15)16-2/h3-7H,8H2,1-2H3. The first-order valence-electron chi connectivity index (χ1n) is 5.41. The van der Waals surface area contributed by atoms with Crippen molar-refractivity contribution in [1.82, 2.24) is 4.98 Å². The number of aryl methyl sites for hydroxylation is 1. The second-order valence-corrected chi connectivity index (χ2v) is 5.71. The highest BCUT2D eigenvalue weighted by molar-refractivity contribution is 7.98. The van der Waals surface area contributed by atoms with Crippen LogP contribution in [-0.2, 0) is 10.5 Å². The lowest BCUT2D eigenvalue weighted by molar-refractivity contribution is 0.0595. The lowest BCUT2D eigenvalue weighted by Gasteiger charge is -1.99. The number of esters is 1. The van der Waals surface area contributed by atoms with E-state index in [4.69, 9.17) is 0 Å². The van der Waals surface area contributed by atoms with Gasteiger partial charge in [-0.05, 0) is 19.1 Å². The van der Waals surface area contributed by atoms with E-state index < -0.39 is 0 Å². The molecular formula is C13H13NO2S2. The summed E-state index contributed by atoms with van der Waals surface area (Å²) < 4.78 is 4.62. The molecule has 1 heterocycles. The molecule has 2 aromatic rings. The SMILES string of the molecule is COC(=O)c1csc(CSc2ccc(C)cc2)n1. The van der Waals surface area contributed by atoms with E-state index in [1.54, 1.807) is 17.1 Å². The summed E-state index contributed by atoms with van der Waals surface area (Å²) in [5.41, 5.74) is 1.64. The van der Waals surface area contributed by atoms with E-state index in [1.165, 1.54) is 28.9 Å². The van der Waals surface area contributed by atoms with Gasteiger partial charge in [-0.3, -0.25) is 0 Å². The number of aromatic nitrogens is 1. The molecule has 0 aliphatic rings. The zero-order valence-electron chi connectivity index (χ0n) is 10.2. The van der Waals surface area contributed by atoms with Crippen molar-refractivity contribution in [3.8, 4) is 0 Å². The molecule has 0 N–H and O–H groups in total. The lowest BCUT2D eigenvalue weighted by atomic mass is 10.2. The van der Waals surface area contributed by atoms with E-state index in [2.05, 4.69) is 40.9 Å². The zero-order chi connectivity index (χ0) is 13.0. The minimum atomic E-state index is -0.377. The van der Waals surface area contributed by atoms with Crippen molar-refractivity contribution in [3.05, 3.63) is 45.9 Å². The molecule has 18 heavy (non-hydrogen) atoms. The van der Waals surface area contributed by atoms with Gasteiger partial charge in [0.15, 0.2) is 5.69 Å². The second kappa shape index (κ2) is 6.02. The largest absolute Gasteiger partial charge is 0.464 e. The third kappa shape index (κ3) is 3.34. The van der Waals surface area contributed by atoms with Crippen molar-refractivity contribution in [2.45, 2.75) is 17.6 Å². The smallest absolute Gasteiger partial charge is 0.357 e. The number of ether oxygens (including phenoxy) is 1. The minimum absolute atomic E-state index is 0.377. The molecule has 3 nitrogen and oxygen atoms in total. The molecule has 5 heteroatoms. The van der Waals surface area contributed by atoms with Crippen LogP contribution < -0.4 is 0 Å². The van der Waals surface area contributed by atoms with Gasteiger partial charge in [-0.1, -0.05) is 17.7 Å². The second-order valence-electron chi connectivity index (χ2n) is 3.72. The van der Waals surface area contributed by atoms with Crippen LogP contribution in [-0.4, -0.2) is 18.1 Å². The first kappa shape index (κ1) is 13.1. The number of nitrogens with zero attached hydrogens (tertiary/aromatic N) is 1. The van der Waals surface area contributed by atoms with E-state index >= 15 is 0 Å². The summed E-state index contributed by atoms with van der Waals surface area (Å²) >= 11 is 3.19. The van der Waals surface area contributed by atoms with Crippen LogP contribution >= 0.6 is 23.1 Å². The Morgan fingerprint density at radius 2 is 2.11 bits per heavy atom. The highest BCUT2D eigenvalue weighted by atomic mass is 32.2. The highest BCUT2D eigenvalue weighted by Crippen LogP contribution is 2.24. The molecule has 0 fully saturated rings. The molecule has 0 saturated carbocycles. The fourth-order valence-electron chi connectivity index (χ4n) is 1.36. The number of hydrogen-bond donors (Lipinski definition) is 0. The molecular weight excluding hydrogens is 266 g/mol. The first-order valence-corrected chi connectivity index (χ1v) is 7.28. The van der Waals surface area contributed by atoms with Crippen molar-refractivity contribution < 1.29 is 9.53 Å². The van der Waals surface area contributed by atoms with Gasteiger partial charge >= 0.3 is 5.97 Å². The number of carbonyl (C=O) groups excluding carboxylic acids is 1. The monoisotopic (exact) mass is 279 g/mol. The van der Waals surface area contributed by atoms with Crippen molar-refractivity contribution >= 4 is 29.1 Å².